The zero-order valence-corrected chi connectivity index (χ0v) is 7.81. The van der Waals surface area contributed by atoms with E-state index in [1.165, 1.54) is 0 Å². The summed E-state index contributed by atoms with van der Waals surface area (Å²) >= 11 is 0. The molecule has 0 saturated heterocycles. The topological polar surface area (TPSA) is 52.3 Å². The number of benzene rings is 1. The predicted octanol–water partition coefficient (Wildman–Crippen LogP) is 1.20. The van der Waals surface area contributed by atoms with E-state index in [2.05, 4.69) is 4.74 Å². The molecule has 0 unspecified atom stereocenters. The van der Waals surface area contributed by atoms with Crippen LogP contribution < -0.4 is 5.73 Å². The van der Waals surface area contributed by atoms with Gasteiger partial charge in [-0.3, -0.25) is 0 Å². The van der Waals surface area contributed by atoms with E-state index in [4.69, 9.17) is 5.73 Å². The third-order valence-electron chi connectivity index (χ3n) is 1.93. The molecule has 4 heteroatoms. The predicted molar refractivity (Wildman–Crippen MR) is 50.3 cm³/mol. The van der Waals surface area contributed by atoms with Gasteiger partial charge in [0.1, 0.15) is 0 Å². The van der Waals surface area contributed by atoms with Crippen LogP contribution in [0.3, 0.4) is 0 Å². The first-order valence-corrected chi connectivity index (χ1v) is 4.19. The first kappa shape index (κ1) is 10.7. The Kier molecular flexibility index (Phi) is 3.59. The molecule has 0 heterocycles. The molecule has 1 aromatic rings. The minimum atomic E-state index is -1.82. The Bertz CT molecular complexity index is 302. The fourth-order valence-corrected chi connectivity index (χ4v) is 1.10. The Morgan fingerprint density at radius 3 is 2.50 bits per heavy atom. The molecular formula is C10H12FNO2. The molecule has 0 amide bonds. The van der Waals surface area contributed by atoms with Gasteiger partial charge in [-0.2, -0.15) is 0 Å². The summed E-state index contributed by atoms with van der Waals surface area (Å²) in [5.41, 5.74) is 6.11. The van der Waals surface area contributed by atoms with Crippen molar-refractivity contribution in [2.24, 2.45) is 5.73 Å². The number of carbonyl (C=O) groups is 1. The molecule has 2 N–H and O–H groups in total. The highest BCUT2D eigenvalue weighted by Crippen LogP contribution is 2.17. The van der Waals surface area contributed by atoms with Gasteiger partial charge in [-0.25, -0.2) is 9.18 Å². The van der Waals surface area contributed by atoms with E-state index in [0.29, 0.717) is 5.56 Å². The molecule has 0 saturated carbocycles. The van der Waals surface area contributed by atoms with Gasteiger partial charge in [0, 0.05) is 0 Å². The zero-order valence-electron chi connectivity index (χ0n) is 7.81. The van der Waals surface area contributed by atoms with Crippen LogP contribution in [0.15, 0.2) is 30.3 Å². The maximum absolute atomic E-state index is 13.3. The van der Waals surface area contributed by atoms with Crippen molar-refractivity contribution in [3.63, 3.8) is 0 Å². The Labute approximate surface area is 81.7 Å². The van der Waals surface area contributed by atoms with Crippen LogP contribution in [0, 0.1) is 0 Å². The van der Waals surface area contributed by atoms with Crippen molar-refractivity contribution < 1.29 is 13.9 Å². The lowest BCUT2D eigenvalue weighted by Gasteiger charge is -2.14. The standard InChI is InChI=1S/C10H12FNO2/c1-14-10(13)8(11)9(12)7-5-3-2-4-6-7/h2-6,8-9H,12H2,1H3/t8-,9-/m0/s1. The monoisotopic (exact) mass is 197 g/mol. The number of alkyl halides is 1. The van der Waals surface area contributed by atoms with Crippen molar-refractivity contribution in [1.29, 1.82) is 0 Å². The summed E-state index contributed by atoms with van der Waals surface area (Å²) in [5.74, 6) is -0.943. The number of hydrogen-bond acceptors (Lipinski definition) is 3. The van der Waals surface area contributed by atoms with Crippen LogP contribution in [0.4, 0.5) is 4.39 Å². The smallest absolute Gasteiger partial charge is 0.342 e. The fraction of sp³-hybridized carbons (Fsp3) is 0.300. The first-order valence-electron chi connectivity index (χ1n) is 4.19. The number of methoxy groups -OCH3 is 1. The van der Waals surface area contributed by atoms with Crippen LogP contribution in [0.2, 0.25) is 0 Å². The van der Waals surface area contributed by atoms with Crippen LogP contribution in [0.25, 0.3) is 0 Å². The second-order valence-electron chi connectivity index (χ2n) is 2.86. The second kappa shape index (κ2) is 4.72. The van der Waals surface area contributed by atoms with Gasteiger partial charge in [0.25, 0.3) is 0 Å². The normalized spacial score (nSPS) is 14.5. The van der Waals surface area contributed by atoms with Crippen molar-refractivity contribution in [3.8, 4) is 0 Å². The van der Waals surface area contributed by atoms with E-state index in [9.17, 15) is 9.18 Å². The number of carbonyl (C=O) groups excluding carboxylic acids is 1. The molecule has 2 atom stereocenters. The van der Waals surface area contributed by atoms with Crippen molar-refractivity contribution in [2.75, 3.05) is 7.11 Å². The van der Waals surface area contributed by atoms with Crippen LogP contribution in [-0.4, -0.2) is 19.3 Å². The molecular weight excluding hydrogens is 185 g/mol. The number of nitrogens with two attached hydrogens (primary N) is 1. The second-order valence-corrected chi connectivity index (χ2v) is 2.86. The molecule has 0 aliphatic rings. The number of esters is 1. The van der Waals surface area contributed by atoms with Gasteiger partial charge in [0.15, 0.2) is 0 Å². The van der Waals surface area contributed by atoms with Crippen molar-refractivity contribution in [2.45, 2.75) is 12.2 Å². The van der Waals surface area contributed by atoms with Crippen LogP contribution >= 0.6 is 0 Å². The summed E-state index contributed by atoms with van der Waals surface area (Å²) in [6.45, 7) is 0. The van der Waals surface area contributed by atoms with Crippen LogP contribution in [-0.2, 0) is 9.53 Å². The van der Waals surface area contributed by atoms with Gasteiger partial charge in [-0.15, -0.1) is 0 Å². The third-order valence-corrected chi connectivity index (χ3v) is 1.93. The van der Waals surface area contributed by atoms with Crippen molar-refractivity contribution in [1.82, 2.24) is 0 Å². The van der Waals surface area contributed by atoms with Gasteiger partial charge in [0.05, 0.1) is 13.2 Å². The molecule has 0 spiro atoms. The van der Waals surface area contributed by atoms with Crippen LogP contribution in [0.1, 0.15) is 11.6 Å². The minimum absolute atomic E-state index is 0.574. The summed E-state index contributed by atoms with van der Waals surface area (Å²) in [4.78, 5) is 10.8. The van der Waals surface area contributed by atoms with Gasteiger partial charge in [-0.1, -0.05) is 30.3 Å². The summed E-state index contributed by atoms with van der Waals surface area (Å²) in [5, 5.41) is 0. The summed E-state index contributed by atoms with van der Waals surface area (Å²) in [6, 6.07) is 7.63. The Balaban J connectivity index is 2.75. The van der Waals surface area contributed by atoms with Gasteiger partial charge >= 0.3 is 5.97 Å². The molecule has 0 aliphatic carbocycles. The molecule has 0 fully saturated rings. The molecule has 0 aliphatic heterocycles. The largest absolute Gasteiger partial charge is 0.467 e. The highest BCUT2D eigenvalue weighted by atomic mass is 19.1. The number of ether oxygens (including phenoxy) is 1. The molecule has 0 bridgehead atoms. The van der Waals surface area contributed by atoms with Crippen molar-refractivity contribution in [3.05, 3.63) is 35.9 Å². The maximum atomic E-state index is 13.3. The molecule has 1 aromatic carbocycles. The molecule has 3 nitrogen and oxygen atoms in total. The summed E-state index contributed by atoms with van der Waals surface area (Å²) in [6.07, 6.45) is -1.82. The molecule has 1 rings (SSSR count). The summed E-state index contributed by atoms with van der Waals surface area (Å²) < 4.78 is 17.5. The van der Waals surface area contributed by atoms with Crippen LogP contribution in [0.5, 0.6) is 0 Å². The number of halogens is 1. The van der Waals surface area contributed by atoms with Gasteiger partial charge in [0.2, 0.25) is 6.17 Å². The fourth-order valence-electron chi connectivity index (χ4n) is 1.10. The maximum Gasteiger partial charge on any atom is 0.342 e. The van der Waals surface area contributed by atoms with E-state index < -0.39 is 18.2 Å². The highest BCUT2D eigenvalue weighted by Gasteiger charge is 2.26. The molecule has 0 aromatic heterocycles. The Morgan fingerprint density at radius 1 is 1.43 bits per heavy atom. The van der Waals surface area contributed by atoms with E-state index >= 15 is 0 Å². The quantitative estimate of drug-likeness (QED) is 0.741. The van der Waals surface area contributed by atoms with E-state index in [1.54, 1.807) is 30.3 Å². The van der Waals surface area contributed by atoms with E-state index in [1.807, 2.05) is 0 Å². The average molecular weight is 197 g/mol. The minimum Gasteiger partial charge on any atom is -0.467 e. The lowest BCUT2D eigenvalue weighted by atomic mass is 10.0. The number of hydrogen-bond donors (Lipinski definition) is 1. The Hall–Kier alpha value is -1.42. The Morgan fingerprint density at radius 2 is 2.00 bits per heavy atom. The molecule has 76 valence electrons. The average Bonchev–Trinajstić information content (AvgIpc) is 2.27. The summed E-state index contributed by atoms with van der Waals surface area (Å²) in [7, 11) is 1.13. The van der Waals surface area contributed by atoms with E-state index in [-0.39, 0.29) is 0 Å². The zero-order chi connectivity index (χ0) is 10.6. The highest BCUT2D eigenvalue weighted by molar-refractivity contribution is 5.75. The molecule has 14 heavy (non-hydrogen) atoms. The van der Waals surface area contributed by atoms with Crippen molar-refractivity contribution >= 4 is 5.97 Å². The van der Waals surface area contributed by atoms with Gasteiger partial charge in [-0.05, 0) is 5.56 Å². The molecule has 0 radical (unpaired) electrons. The first-order chi connectivity index (χ1) is 6.66. The SMILES string of the molecule is COC(=O)[C@@H](F)[C@@H](N)c1ccccc1. The lowest BCUT2D eigenvalue weighted by Crippen LogP contribution is -2.30. The van der Waals surface area contributed by atoms with Gasteiger partial charge < -0.3 is 10.5 Å². The van der Waals surface area contributed by atoms with E-state index in [0.717, 1.165) is 7.11 Å². The third kappa shape index (κ3) is 2.29. The number of rotatable bonds is 3. The lowest BCUT2D eigenvalue weighted by molar-refractivity contribution is -0.147.